The maximum Gasteiger partial charge on any atom is 0.251 e. The van der Waals surface area contributed by atoms with E-state index in [-0.39, 0.29) is 30.7 Å². The first kappa shape index (κ1) is 31.1. The minimum Gasteiger partial charge on any atom is -0.399 e. The first-order valence-corrected chi connectivity index (χ1v) is 15.8. The number of nitrogens with two attached hydrogens (primary N) is 1. The van der Waals surface area contributed by atoms with Crippen LogP contribution in [0.3, 0.4) is 0 Å². The van der Waals surface area contributed by atoms with Gasteiger partial charge in [-0.25, -0.2) is 8.78 Å². The van der Waals surface area contributed by atoms with E-state index in [1.54, 1.807) is 43.3 Å². The number of nitrogens with one attached hydrogen (secondary N) is 1. The molecule has 0 radical (unpaired) electrons. The number of fused-ring (bicyclic) bond motifs is 7. The third-order valence-electron chi connectivity index (χ3n) is 11.8. The number of anilines is 2. The summed E-state index contributed by atoms with van der Waals surface area (Å²) in [5, 5.41) is 24.7. The molecule has 1 aliphatic heterocycles. The highest BCUT2D eigenvalue weighted by molar-refractivity contribution is 6.04. The van der Waals surface area contributed by atoms with E-state index < -0.39 is 76.8 Å². The van der Waals surface area contributed by atoms with Gasteiger partial charge in [-0.2, -0.15) is 0 Å². The fourth-order valence-corrected chi connectivity index (χ4v) is 9.60. The zero-order valence-corrected chi connectivity index (χ0v) is 25.7. The summed E-state index contributed by atoms with van der Waals surface area (Å²) in [6, 6.07) is 6.86. The van der Waals surface area contributed by atoms with Gasteiger partial charge < -0.3 is 30.7 Å². The second-order valence-corrected chi connectivity index (χ2v) is 14.0. The lowest BCUT2D eigenvalue weighted by Crippen LogP contribution is -2.70. The minimum atomic E-state index is -2.32. The normalized spacial score (nSPS) is 42.6. The average molecular weight is 637 g/mol. The number of aliphatic hydroxyl groups excluding tert-OH is 2. The van der Waals surface area contributed by atoms with E-state index in [1.807, 2.05) is 0 Å². The molecular weight excluding hydrogens is 598 g/mol. The van der Waals surface area contributed by atoms with Crippen LogP contribution in [0.1, 0.15) is 46.0 Å². The molecule has 7 rings (SSSR count). The lowest BCUT2D eigenvalue weighted by atomic mass is 9.44. The molecule has 0 aromatic heterocycles. The molecular formula is C35H38F2N2O7. The number of allylic oxidation sites excluding steroid dienone is 6. The zero-order valence-electron chi connectivity index (χ0n) is 25.7. The van der Waals surface area contributed by atoms with E-state index in [9.17, 15) is 24.6 Å². The van der Waals surface area contributed by atoms with Crippen molar-refractivity contribution in [2.24, 2.45) is 22.7 Å². The van der Waals surface area contributed by atoms with E-state index in [0.717, 1.165) is 6.08 Å². The average Bonchev–Trinajstić information content (AvgIpc) is 3.52. The Bertz CT molecular complexity index is 1650. The van der Waals surface area contributed by atoms with Crippen molar-refractivity contribution in [1.29, 1.82) is 0 Å². The fourth-order valence-electron chi connectivity index (χ4n) is 9.60. The number of Topliss-reactive ketones (excluding diaryl/α,β-unsaturated/α-hetero) is 1. The van der Waals surface area contributed by atoms with Gasteiger partial charge in [0, 0.05) is 33.7 Å². The van der Waals surface area contributed by atoms with Crippen molar-refractivity contribution < 1.29 is 42.9 Å². The highest BCUT2D eigenvalue weighted by Gasteiger charge is 2.80. The molecule has 1 amide bonds. The quantitative estimate of drug-likeness (QED) is 0.357. The van der Waals surface area contributed by atoms with Crippen molar-refractivity contribution in [2.75, 3.05) is 17.7 Å². The number of alkyl halides is 2. The molecule has 6 aliphatic rings. The number of rotatable bonds is 5. The van der Waals surface area contributed by atoms with Crippen LogP contribution < -0.4 is 11.1 Å². The first-order valence-electron chi connectivity index (χ1n) is 15.8. The molecule has 5 N–H and O–H groups in total. The predicted molar refractivity (Wildman–Crippen MR) is 163 cm³/mol. The van der Waals surface area contributed by atoms with E-state index in [1.165, 1.54) is 19.1 Å². The molecule has 11 heteroatoms. The van der Waals surface area contributed by atoms with Crippen LogP contribution in [-0.4, -0.2) is 70.2 Å². The topological polar surface area (TPSA) is 148 Å². The number of carbonyl (C=O) groups is 3. The fraction of sp³-hybridized carbons (Fsp3) is 0.514. The van der Waals surface area contributed by atoms with Gasteiger partial charge >= 0.3 is 0 Å². The van der Waals surface area contributed by atoms with Crippen molar-refractivity contribution in [3.63, 3.8) is 0 Å². The molecule has 1 aromatic carbocycles. The second kappa shape index (κ2) is 10.5. The van der Waals surface area contributed by atoms with Crippen LogP contribution in [0.5, 0.6) is 0 Å². The van der Waals surface area contributed by atoms with Gasteiger partial charge in [-0.05, 0) is 86.4 Å². The Labute approximate surface area is 265 Å². The molecule has 0 bridgehead atoms. The molecule has 46 heavy (non-hydrogen) atoms. The molecule has 0 spiro atoms. The van der Waals surface area contributed by atoms with E-state index in [0.29, 0.717) is 35.4 Å². The van der Waals surface area contributed by atoms with Crippen LogP contribution in [0.2, 0.25) is 0 Å². The van der Waals surface area contributed by atoms with Crippen LogP contribution in [0.4, 0.5) is 20.2 Å². The largest absolute Gasteiger partial charge is 0.399 e. The number of hydrogen-bond donors (Lipinski definition) is 4. The lowest BCUT2D eigenvalue weighted by Gasteiger charge is -2.63. The number of hydrogen-bond acceptors (Lipinski definition) is 8. The summed E-state index contributed by atoms with van der Waals surface area (Å²) in [6.45, 7) is 2.41. The Morgan fingerprint density at radius 1 is 1.15 bits per heavy atom. The number of ether oxygens (including phenoxy) is 2. The summed E-state index contributed by atoms with van der Waals surface area (Å²) in [5.41, 5.74) is 1.36. The molecule has 1 saturated heterocycles. The Balaban J connectivity index is 1.18. The Hall–Kier alpha value is -3.51. The summed E-state index contributed by atoms with van der Waals surface area (Å²) < 4.78 is 46.3. The molecule has 10 atom stereocenters. The van der Waals surface area contributed by atoms with Crippen molar-refractivity contribution >= 4 is 28.8 Å². The van der Waals surface area contributed by atoms with Crippen LogP contribution in [-0.2, 0) is 23.9 Å². The summed E-state index contributed by atoms with van der Waals surface area (Å²) in [4.78, 5) is 38.7. The maximum atomic E-state index is 17.6. The van der Waals surface area contributed by atoms with Crippen LogP contribution in [0.25, 0.3) is 0 Å². The lowest BCUT2D eigenvalue weighted by molar-refractivity contribution is -0.231. The van der Waals surface area contributed by atoms with Crippen molar-refractivity contribution in [3.8, 4) is 0 Å². The van der Waals surface area contributed by atoms with E-state index in [2.05, 4.69) is 5.32 Å². The highest BCUT2D eigenvalue weighted by Crippen LogP contribution is 2.72. The molecule has 1 heterocycles. The number of ketones is 2. The standard InChI is InChI=1S/C35H38F2N2O7/c1-32-11-10-22(41)13-25(32)26(36)14-24-23-15-29-35(28(43)17-40,33(23,2)16-27(42)34(24,32)37)46-31(45-29)19-8-6-18(7-9-19)30(44)39-21-5-3-4-20(38)12-21/h3-6,8,10-13,23-24,26-27,29,31,40,42H,7,9,14-17,38H2,1-2H3,(H,39,44)/t23-,24-,26-,27-,29+,31+,32-,33-,34-,35+/m0/s1. The van der Waals surface area contributed by atoms with E-state index in [4.69, 9.17) is 15.2 Å². The van der Waals surface area contributed by atoms with Crippen molar-refractivity contribution in [1.82, 2.24) is 0 Å². The monoisotopic (exact) mass is 636 g/mol. The van der Waals surface area contributed by atoms with Gasteiger partial charge in [0.15, 0.2) is 29.1 Å². The van der Waals surface area contributed by atoms with Crippen molar-refractivity contribution in [3.05, 3.63) is 71.4 Å². The third-order valence-corrected chi connectivity index (χ3v) is 11.8. The summed E-state index contributed by atoms with van der Waals surface area (Å²) in [6.07, 6.45) is 2.49. The Morgan fingerprint density at radius 2 is 1.93 bits per heavy atom. The van der Waals surface area contributed by atoms with Gasteiger partial charge in [0.05, 0.1) is 12.2 Å². The first-order chi connectivity index (χ1) is 21.8. The highest BCUT2D eigenvalue weighted by atomic mass is 19.1. The number of amides is 1. The number of benzene rings is 1. The maximum absolute atomic E-state index is 17.6. The van der Waals surface area contributed by atoms with Gasteiger partial charge in [-0.3, -0.25) is 14.4 Å². The van der Waals surface area contributed by atoms with Crippen LogP contribution in [0.15, 0.2) is 71.4 Å². The number of aliphatic hydroxyl groups is 2. The molecule has 3 saturated carbocycles. The van der Waals surface area contributed by atoms with Crippen molar-refractivity contribution in [2.45, 2.75) is 81.9 Å². The smallest absolute Gasteiger partial charge is 0.251 e. The number of carbonyl (C=O) groups excluding carboxylic acids is 3. The van der Waals surface area contributed by atoms with Gasteiger partial charge in [0.2, 0.25) is 0 Å². The number of halogens is 2. The minimum absolute atomic E-state index is 0.0200. The van der Waals surface area contributed by atoms with Crippen LogP contribution in [0, 0.1) is 22.7 Å². The molecule has 4 fully saturated rings. The molecule has 244 valence electrons. The molecule has 0 unspecified atom stereocenters. The number of nitrogen functional groups attached to an aromatic ring is 1. The van der Waals surface area contributed by atoms with Gasteiger partial charge in [-0.15, -0.1) is 0 Å². The molecule has 1 aromatic rings. The van der Waals surface area contributed by atoms with Gasteiger partial charge in [0.25, 0.3) is 5.91 Å². The molecule has 9 nitrogen and oxygen atoms in total. The third kappa shape index (κ3) is 4.07. The summed E-state index contributed by atoms with van der Waals surface area (Å²) in [5.74, 6) is -2.99. The Kier molecular flexibility index (Phi) is 7.10. The van der Waals surface area contributed by atoms with E-state index >= 15 is 8.78 Å². The van der Waals surface area contributed by atoms with Gasteiger partial charge in [0.1, 0.15) is 12.8 Å². The second-order valence-electron chi connectivity index (χ2n) is 14.0. The zero-order chi connectivity index (χ0) is 32.8. The Morgan fingerprint density at radius 3 is 2.63 bits per heavy atom. The van der Waals surface area contributed by atoms with Gasteiger partial charge in [-0.1, -0.05) is 31.2 Å². The summed E-state index contributed by atoms with van der Waals surface area (Å²) >= 11 is 0. The molecule has 5 aliphatic carbocycles. The van der Waals surface area contributed by atoms with Crippen LogP contribution >= 0.6 is 0 Å². The summed E-state index contributed by atoms with van der Waals surface area (Å²) in [7, 11) is 0. The SMILES string of the molecule is C[C@]12C=CC(=O)C=C1[C@@H](F)C[C@H]1[C@@H]3C[C@H]4O[C@@H](C5=CC=C(C(=O)Nc6cccc(N)c6)CC5)O[C@@]4(C(=O)CO)[C@@]3(C)C[C@H](O)[C@@]12F. The predicted octanol–water partition coefficient (Wildman–Crippen LogP) is 3.82.